The molecule has 1 N–H and O–H groups in total. The van der Waals surface area contributed by atoms with Crippen molar-refractivity contribution in [3.05, 3.63) is 21.6 Å². The number of nitrogens with zero attached hydrogens (tertiary/aromatic N) is 3. The Morgan fingerprint density at radius 3 is 2.73 bits per heavy atom. The normalized spacial score (nSPS) is 11.7. The van der Waals surface area contributed by atoms with Gasteiger partial charge in [-0.25, -0.2) is 4.57 Å². The van der Waals surface area contributed by atoms with Gasteiger partial charge in [-0.15, -0.1) is 0 Å². The minimum Gasteiger partial charge on any atom is -0.381 e. The van der Waals surface area contributed by atoms with Gasteiger partial charge in [0.05, 0.1) is 7.05 Å². The fourth-order valence-corrected chi connectivity index (χ4v) is 1.06. The largest absolute Gasteiger partial charge is 0.381 e. The fourth-order valence-electron chi connectivity index (χ4n) is 1.06. The number of aryl methyl sites for hydroxylation is 1. The summed E-state index contributed by atoms with van der Waals surface area (Å²) in [5.41, 5.74) is 0.0842. The van der Waals surface area contributed by atoms with E-state index < -0.39 is 11.0 Å². The summed E-state index contributed by atoms with van der Waals surface area (Å²) in [6.45, 7) is 3.13. The maximum Gasteiger partial charge on any atom is 0.358 e. The van der Waals surface area contributed by atoms with Crippen LogP contribution in [0.5, 0.6) is 0 Å². The van der Waals surface area contributed by atoms with Crippen LogP contribution >= 0.6 is 0 Å². The molecule has 0 aliphatic heterocycles. The Bertz CT molecular complexity index is 451. The van der Waals surface area contributed by atoms with E-state index in [1.165, 1.54) is 11.5 Å². The van der Waals surface area contributed by atoms with Crippen molar-refractivity contribution < 1.29 is 10.0 Å². The van der Waals surface area contributed by atoms with E-state index in [2.05, 4.69) is 16.8 Å². The van der Waals surface area contributed by atoms with Gasteiger partial charge in [-0.3, -0.25) is 0 Å². The molecule has 1 rings (SSSR count). The molecule has 0 aliphatic rings. The lowest BCUT2D eigenvalue weighted by Gasteiger charge is -1.94. The van der Waals surface area contributed by atoms with Crippen molar-refractivity contribution in [3.8, 4) is 11.8 Å². The summed E-state index contributed by atoms with van der Waals surface area (Å²) in [5, 5.41) is 19.7. The maximum absolute atomic E-state index is 10.7. The first kappa shape index (κ1) is 11.2. The van der Waals surface area contributed by atoms with Crippen molar-refractivity contribution in [3.63, 3.8) is 0 Å². The number of aliphatic hydroxyl groups excluding tert-OH is 1. The van der Waals surface area contributed by atoms with E-state index in [4.69, 9.17) is 5.11 Å². The molecule has 6 nitrogen and oxygen atoms in total. The van der Waals surface area contributed by atoms with Crippen LogP contribution in [0.15, 0.2) is 0 Å². The van der Waals surface area contributed by atoms with Crippen LogP contribution in [0.1, 0.15) is 18.4 Å². The third kappa shape index (κ3) is 2.33. The van der Waals surface area contributed by atoms with Crippen molar-refractivity contribution in [2.75, 3.05) is 0 Å². The number of aromatic nitrogens is 2. The molecule has 0 spiro atoms. The van der Waals surface area contributed by atoms with Gasteiger partial charge in [0, 0.05) is 6.92 Å². The number of aliphatic hydroxyl groups is 1. The van der Waals surface area contributed by atoms with Crippen molar-refractivity contribution >= 4 is 5.82 Å². The Kier molecular flexibility index (Phi) is 3.07. The lowest BCUT2D eigenvalue weighted by atomic mass is 10.3. The van der Waals surface area contributed by atoms with Crippen molar-refractivity contribution in [1.29, 1.82) is 0 Å². The molecule has 0 aliphatic carbocycles. The average Bonchev–Trinajstić information content (AvgIpc) is 2.39. The van der Waals surface area contributed by atoms with Crippen LogP contribution in [0.4, 0.5) is 5.82 Å². The molecule has 0 aromatic carbocycles. The second-order valence-electron chi connectivity index (χ2n) is 3.09. The van der Waals surface area contributed by atoms with E-state index in [-0.39, 0.29) is 11.5 Å². The summed E-state index contributed by atoms with van der Waals surface area (Å²) in [4.78, 5) is 14.1. The summed E-state index contributed by atoms with van der Waals surface area (Å²) in [7, 11) is 1.55. The molecule has 0 bridgehead atoms. The SMILES string of the molecule is Cc1nc(C#C[C@@H](C)O)c([N+](=O)[O-])n1C. The zero-order valence-electron chi connectivity index (χ0n) is 8.68. The molecular formula is C9H11N3O3. The molecule has 0 radical (unpaired) electrons. The molecule has 0 fully saturated rings. The second-order valence-corrected chi connectivity index (χ2v) is 3.09. The number of rotatable bonds is 1. The second kappa shape index (κ2) is 4.11. The van der Waals surface area contributed by atoms with Gasteiger partial charge in [0.25, 0.3) is 0 Å². The van der Waals surface area contributed by atoms with Gasteiger partial charge in [-0.1, -0.05) is 5.92 Å². The Morgan fingerprint density at radius 2 is 2.27 bits per heavy atom. The highest BCUT2D eigenvalue weighted by Gasteiger charge is 2.20. The monoisotopic (exact) mass is 209 g/mol. The molecule has 0 unspecified atom stereocenters. The lowest BCUT2D eigenvalue weighted by molar-refractivity contribution is -0.392. The van der Waals surface area contributed by atoms with E-state index in [1.54, 1.807) is 14.0 Å². The molecular weight excluding hydrogens is 198 g/mol. The molecule has 1 aromatic rings. The topological polar surface area (TPSA) is 81.2 Å². The third-order valence-corrected chi connectivity index (χ3v) is 1.86. The molecule has 6 heteroatoms. The third-order valence-electron chi connectivity index (χ3n) is 1.86. The molecule has 1 heterocycles. The summed E-state index contributed by atoms with van der Waals surface area (Å²) >= 11 is 0. The Hall–Kier alpha value is -1.87. The maximum atomic E-state index is 10.7. The van der Waals surface area contributed by atoms with E-state index >= 15 is 0 Å². The highest BCUT2D eigenvalue weighted by Crippen LogP contribution is 2.17. The van der Waals surface area contributed by atoms with Crippen LogP contribution in [-0.2, 0) is 7.05 Å². The molecule has 1 atom stereocenters. The lowest BCUT2D eigenvalue weighted by Crippen LogP contribution is -2.00. The van der Waals surface area contributed by atoms with Crippen molar-refractivity contribution in [1.82, 2.24) is 9.55 Å². The van der Waals surface area contributed by atoms with Gasteiger partial charge < -0.3 is 15.2 Å². The first-order chi connectivity index (χ1) is 6.93. The predicted octanol–water partition coefficient (Wildman–Crippen LogP) is 0.369. The van der Waals surface area contributed by atoms with Crippen LogP contribution in [0.25, 0.3) is 0 Å². The van der Waals surface area contributed by atoms with Crippen molar-refractivity contribution in [2.24, 2.45) is 7.05 Å². The first-order valence-electron chi connectivity index (χ1n) is 4.30. The fraction of sp³-hybridized carbons (Fsp3) is 0.444. The Balaban J connectivity index is 3.26. The van der Waals surface area contributed by atoms with E-state index in [9.17, 15) is 10.1 Å². The highest BCUT2D eigenvalue weighted by molar-refractivity contribution is 5.43. The standard InChI is InChI=1S/C9H11N3O3/c1-6(13)4-5-8-9(12(14)15)11(3)7(2)10-8/h6,13H,1-3H3/t6-/m1/s1. The molecule has 1 aromatic heterocycles. The zero-order chi connectivity index (χ0) is 11.6. The quantitative estimate of drug-likeness (QED) is 0.411. The summed E-state index contributed by atoms with van der Waals surface area (Å²) in [6.07, 6.45) is -0.827. The molecule has 0 saturated carbocycles. The minimum atomic E-state index is -0.827. The highest BCUT2D eigenvalue weighted by atomic mass is 16.6. The van der Waals surface area contributed by atoms with Gasteiger partial charge in [0.15, 0.2) is 5.82 Å². The zero-order valence-corrected chi connectivity index (χ0v) is 8.68. The van der Waals surface area contributed by atoms with Gasteiger partial charge >= 0.3 is 5.82 Å². The Morgan fingerprint density at radius 1 is 1.67 bits per heavy atom. The van der Waals surface area contributed by atoms with Crippen LogP contribution in [-0.4, -0.2) is 25.7 Å². The minimum absolute atomic E-state index is 0.0842. The van der Waals surface area contributed by atoms with Crippen LogP contribution in [0.3, 0.4) is 0 Å². The predicted molar refractivity (Wildman–Crippen MR) is 53.2 cm³/mol. The van der Waals surface area contributed by atoms with Gasteiger partial charge in [-0.2, -0.15) is 4.98 Å². The number of nitro groups is 1. The number of hydrogen-bond donors (Lipinski definition) is 1. The van der Waals surface area contributed by atoms with Crippen LogP contribution in [0, 0.1) is 28.9 Å². The molecule has 80 valence electrons. The Labute approximate surface area is 86.7 Å². The van der Waals surface area contributed by atoms with E-state index in [0.29, 0.717) is 5.82 Å². The van der Waals surface area contributed by atoms with E-state index in [0.717, 1.165) is 0 Å². The van der Waals surface area contributed by atoms with Gasteiger partial charge in [0.1, 0.15) is 6.10 Å². The molecule has 0 saturated heterocycles. The van der Waals surface area contributed by atoms with Gasteiger partial charge in [-0.05, 0) is 17.8 Å². The van der Waals surface area contributed by atoms with Crippen molar-refractivity contribution in [2.45, 2.75) is 20.0 Å². The van der Waals surface area contributed by atoms with Crippen LogP contribution < -0.4 is 0 Å². The smallest absolute Gasteiger partial charge is 0.358 e. The van der Waals surface area contributed by atoms with E-state index in [1.807, 2.05) is 0 Å². The summed E-state index contributed by atoms with van der Waals surface area (Å²) < 4.78 is 1.35. The molecule has 15 heavy (non-hydrogen) atoms. The van der Waals surface area contributed by atoms with Gasteiger partial charge in [0.2, 0.25) is 5.69 Å². The summed E-state index contributed by atoms with van der Waals surface area (Å²) in [6, 6.07) is 0. The summed E-state index contributed by atoms with van der Waals surface area (Å²) in [5.74, 6) is 5.26. The average molecular weight is 209 g/mol. The number of hydrogen-bond acceptors (Lipinski definition) is 4. The molecule has 0 amide bonds. The number of imidazole rings is 1. The first-order valence-corrected chi connectivity index (χ1v) is 4.30. The van der Waals surface area contributed by atoms with Crippen LogP contribution in [0.2, 0.25) is 0 Å².